The molecule has 0 unspecified atom stereocenters. The van der Waals surface area contributed by atoms with Crippen molar-refractivity contribution in [3.8, 4) is 0 Å². The van der Waals surface area contributed by atoms with E-state index in [0.29, 0.717) is 12.3 Å². The highest BCUT2D eigenvalue weighted by Crippen LogP contribution is 2.15. The Balaban J connectivity index is 1.74. The summed E-state index contributed by atoms with van der Waals surface area (Å²) < 4.78 is 11.0. The third kappa shape index (κ3) is 9.91. The lowest BCUT2D eigenvalue weighted by Crippen LogP contribution is -2.20. The van der Waals surface area contributed by atoms with Gasteiger partial charge in [-0.25, -0.2) is 0 Å². The fourth-order valence-corrected chi connectivity index (χ4v) is 2.37. The Bertz CT molecular complexity index is 227. The summed E-state index contributed by atoms with van der Waals surface area (Å²) in [6.45, 7) is 3.60. The van der Waals surface area contributed by atoms with Crippen LogP contribution in [0.1, 0.15) is 57.8 Å². The summed E-state index contributed by atoms with van der Waals surface area (Å²) in [5, 5.41) is 0. The number of carbonyl (C=O) groups is 1. The lowest BCUT2D eigenvalue weighted by Gasteiger charge is -2.21. The van der Waals surface area contributed by atoms with Gasteiger partial charge in [-0.05, 0) is 31.6 Å². The zero-order valence-corrected chi connectivity index (χ0v) is 12.1. The predicted octanol–water partition coefficient (Wildman–Crippen LogP) is 2.65. The number of hydrogen-bond donors (Lipinski definition) is 1. The molecule has 2 N–H and O–H groups in total. The second kappa shape index (κ2) is 11.2. The van der Waals surface area contributed by atoms with E-state index in [2.05, 4.69) is 0 Å². The van der Waals surface area contributed by atoms with E-state index in [1.165, 1.54) is 19.3 Å². The van der Waals surface area contributed by atoms with Gasteiger partial charge in [-0.1, -0.05) is 25.7 Å². The number of hydrogen-bond acceptors (Lipinski definition) is 3. The van der Waals surface area contributed by atoms with Crippen LogP contribution < -0.4 is 5.73 Å². The Kier molecular flexibility index (Phi) is 9.72. The van der Waals surface area contributed by atoms with E-state index >= 15 is 0 Å². The molecule has 1 saturated heterocycles. The third-order valence-electron chi connectivity index (χ3n) is 3.66. The van der Waals surface area contributed by atoms with Crippen LogP contribution in [0.25, 0.3) is 0 Å². The Morgan fingerprint density at radius 1 is 1.05 bits per heavy atom. The highest BCUT2D eigenvalue weighted by atomic mass is 16.5. The van der Waals surface area contributed by atoms with Crippen molar-refractivity contribution in [2.75, 3.05) is 26.4 Å². The van der Waals surface area contributed by atoms with Gasteiger partial charge in [0.2, 0.25) is 5.91 Å². The lowest BCUT2D eigenvalue weighted by atomic mass is 10.0. The Hall–Kier alpha value is -0.610. The van der Waals surface area contributed by atoms with Crippen molar-refractivity contribution in [2.45, 2.75) is 57.8 Å². The van der Waals surface area contributed by atoms with Crippen LogP contribution in [0.5, 0.6) is 0 Å². The van der Waals surface area contributed by atoms with Crippen molar-refractivity contribution >= 4 is 5.91 Å². The summed E-state index contributed by atoms with van der Waals surface area (Å²) in [6, 6.07) is 0. The number of nitrogens with two attached hydrogens (primary N) is 1. The van der Waals surface area contributed by atoms with Gasteiger partial charge >= 0.3 is 0 Å². The molecule has 0 aromatic carbocycles. The molecule has 0 radical (unpaired) electrons. The standard InChI is InChI=1S/C15H29NO3/c16-15(17)7-5-3-1-2-4-6-10-19-13-14-8-11-18-12-9-14/h14H,1-13H2,(H2,16,17). The Morgan fingerprint density at radius 3 is 2.37 bits per heavy atom. The maximum atomic E-state index is 10.5. The molecule has 1 heterocycles. The van der Waals surface area contributed by atoms with E-state index in [1.807, 2.05) is 0 Å². The molecule has 4 nitrogen and oxygen atoms in total. The van der Waals surface area contributed by atoms with Crippen LogP contribution in [0.4, 0.5) is 0 Å². The van der Waals surface area contributed by atoms with E-state index in [9.17, 15) is 4.79 Å². The van der Waals surface area contributed by atoms with Crippen LogP contribution in [-0.4, -0.2) is 32.3 Å². The second-order valence-electron chi connectivity index (χ2n) is 5.47. The van der Waals surface area contributed by atoms with E-state index in [4.69, 9.17) is 15.2 Å². The number of carbonyl (C=O) groups excluding carboxylic acids is 1. The van der Waals surface area contributed by atoms with Crippen molar-refractivity contribution in [2.24, 2.45) is 11.7 Å². The molecule has 19 heavy (non-hydrogen) atoms. The number of unbranched alkanes of at least 4 members (excludes halogenated alkanes) is 5. The summed E-state index contributed by atoms with van der Waals surface area (Å²) in [7, 11) is 0. The van der Waals surface area contributed by atoms with Crippen LogP contribution in [0, 0.1) is 5.92 Å². The fraction of sp³-hybridized carbons (Fsp3) is 0.933. The maximum absolute atomic E-state index is 10.5. The Morgan fingerprint density at radius 2 is 1.68 bits per heavy atom. The topological polar surface area (TPSA) is 61.6 Å². The number of amides is 1. The van der Waals surface area contributed by atoms with E-state index < -0.39 is 0 Å². The average Bonchev–Trinajstić information content (AvgIpc) is 2.42. The first-order chi connectivity index (χ1) is 9.29. The van der Waals surface area contributed by atoms with Gasteiger partial charge in [0.1, 0.15) is 0 Å². The van der Waals surface area contributed by atoms with Gasteiger partial charge in [-0.2, -0.15) is 0 Å². The molecule has 1 amide bonds. The molecule has 0 aromatic heterocycles. The summed E-state index contributed by atoms with van der Waals surface area (Å²) in [5.74, 6) is 0.532. The van der Waals surface area contributed by atoms with E-state index in [0.717, 1.165) is 58.5 Å². The number of rotatable bonds is 11. The Labute approximate surface area is 117 Å². The molecule has 0 aliphatic carbocycles. The molecule has 1 fully saturated rings. The number of ether oxygens (including phenoxy) is 2. The zero-order chi connectivity index (χ0) is 13.8. The minimum atomic E-state index is -0.179. The van der Waals surface area contributed by atoms with Gasteiger partial charge in [-0.3, -0.25) is 4.79 Å². The van der Waals surface area contributed by atoms with E-state index in [-0.39, 0.29) is 5.91 Å². The molecule has 4 heteroatoms. The molecule has 0 spiro atoms. The highest BCUT2D eigenvalue weighted by Gasteiger charge is 2.13. The second-order valence-corrected chi connectivity index (χ2v) is 5.47. The minimum absolute atomic E-state index is 0.179. The van der Waals surface area contributed by atoms with Gasteiger partial charge in [0.05, 0.1) is 0 Å². The summed E-state index contributed by atoms with van der Waals surface area (Å²) >= 11 is 0. The highest BCUT2D eigenvalue weighted by molar-refractivity contribution is 5.73. The molecule has 1 aliphatic heterocycles. The third-order valence-corrected chi connectivity index (χ3v) is 3.66. The van der Waals surface area contributed by atoms with Crippen LogP contribution >= 0.6 is 0 Å². The predicted molar refractivity (Wildman–Crippen MR) is 75.9 cm³/mol. The molecule has 0 atom stereocenters. The molecule has 112 valence electrons. The normalized spacial score (nSPS) is 16.6. The molecular formula is C15H29NO3. The van der Waals surface area contributed by atoms with Crippen LogP contribution in [0.3, 0.4) is 0 Å². The monoisotopic (exact) mass is 271 g/mol. The molecular weight excluding hydrogens is 242 g/mol. The summed E-state index contributed by atoms with van der Waals surface area (Å²) in [5.41, 5.74) is 5.09. The lowest BCUT2D eigenvalue weighted by molar-refractivity contribution is -0.118. The van der Waals surface area contributed by atoms with Crippen molar-refractivity contribution in [3.63, 3.8) is 0 Å². The average molecular weight is 271 g/mol. The van der Waals surface area contributed by atoms with Gasteiger partial charge in [0.25, 0.3) is 0 Å². The zero-order valence-electron chi connectivity index (χ0n) is 12.1. The molecule has 1 rings (SSSR count). The van der Waals surface area contributed by atoms with Crippen LogP contribution in [0.2, 0.25) is 0 Å². The van der Waals surface area contributed by atoms with Gasteiger partial charge in [0, 0.05) is 32.8 Å². The van der Waals surface area contributed by atoms with Crippen LogP contribution in [-0.2, 0) is 14.3 Å². The fourth-order valence-electron chi connectivity index (χ4n) is 2.37. The van der Waals surface area contributed by atoms with Crippen molar-refractivity contribution < 1.29 is 14.3 Å². The molecule has 0 aromatic rings. The summed E-state index contributed by atoms with van der Waals surface area (Å²) in [6.07, 6.45) is 9.71. The van der Waals surface area contributed by atoms with Crippen LogP contribution in [0.15, 0.2) is 0 Å². The van der Waals surface area contributed by atoms with Crippen molar-refractivity contribution in [3.05, 3.63) is 0 Å². The first-order valence-corrected chi connectivity index (χ1v) is 7.73. The van der Waals surface area contributed by atoms with Gasteiger partial charge in [0.15, 0.2) is 0 Å². The minimum Gasteiger partial charge on any atom is -0.381 e. The van der Waals surface area contributed by atoms with Gasteiger partial charge < -0.3 is 15.2 Å². The number of primary amides is 1. The SMILES string of the molecule is NC(=O)CCCCCCCCOCC1CCOCC1. The van der Waals surface area contributed by atoms with Crippen molar-refractivity contribution in [1.29, 1.82) is 0 Å². The molecule has 0 bridgehead atoms. The molecule has 0 saturated carbocycles. The smallest absolute Gasteiger partial charge is 0.217 e. The largest absolute Gasteiger partial charge is 0.381 e. The van der Waals surface area contributed by atoms with E-state index in [1.54, 1.807) is 0 Å². The quantitative estimate of drug-likeness (QED) is 0.588. The first kappa shape index (κ1) is 16.4. The summed E-state index contributed by atoms with van der Waals surface area (Å²) in [4.78, 5) is 10.5. The van der Waals surface area contributed by atoms with Crippen molar-refractivity contribution in [1.82, 2.24) is 0 Å². The van der Waals surface area contributed by atoms with Gasteiger partial charge in [-0.15, -0.1) is 0 Å². The first-order valence-electron chi connectivity index (χ1n) is 7.73. The molecule has 1 aliphatic rings. The maximum Gasteiger partial charge on any atom is 0.217 e.